The molecule has 0 saturated heterocycles. The molecule has 1 amide bonds. The molecule has 1 aromatic rings. The summed E-state index contributed by atoms with van der Waals surface area (Å²) in [5.74, 6) is 0.386. The van der Waals surface area contributed by atoms with E-state index in [1.165, 1.54) is 6.20 Å². The lowest BCUT2D eigenvalue weighted by molar-refractivity contribution is -0.154. The van der Waals surface area contributed by atoms with Crippen molar-refractivity contribution >= 4 is 36.0 Å². The van der Waals surface area contributed by atoms with E-state index >= 15 is 0 Å². The molecule has 0 aliphatic rings. The van der Waals surface area contributed by atoms with Crippen LogP contribution in [-0.2, 0) is 11.3 Å². The molecule has 0 saturated carbocycles. The summed E-state index contributed by atoms with van der Waals surface area (Å²) in [4.78, 5) is 19.8. The number of alkyl carbamates (subject to hydrolysis) is 1. The van der Waals surface area contributed by atoms with Crippen molar-refractivity contribution in [3.63, 3.8) is 0 Å². The fraction of sp³-hybridized carbons (Fsp3) is 0.632. The number of aliphatic imine (C=N–C) groups is 1. The van der Waals surface area contributed by atoms with Crippen LogP contribution in [0, 0.1) is 0 Å². The summed E-state index contributed by atoms with van der Waals surface area (Å²) < 4.78 is 47.1. The lowest BCUT2D eigenvalue weighted by atomic mass is 10.2. The van der Waals surface area contributed by atoms with Gasteiger partial charge in [0.1, 0.15) is 5.60 Å². The van der Waals surface area contributed by atoms with Crippen molar-refractivity contribution in [1.82, 2.24) is 20.9 Å². The van der Waals surface area contributed by atoms with Crippen molar-refractivity contribution < 1.29 is 27.4 Å². The molecule has 0 aliphatic carbocycles. The van der Waals surface area contributed by atoms with Gasteiger partial charge >= 0.3 is 12.3 Å². The van der Waals surface area contributed by atoms with Gasteiger partial charge in [0.25, 0.3) is 0 Å². The number of carbonyl (C=O) groups excluding carboxylic acids is 1. The summed E-state index contributed by atoms with van der Waals surface area (Å²) in [6, 6.07) is 3.21. The first-order chi connectivity index (χ1) is 14.0. The molecule has 3 N–H and O–H groups in total. The quantitative estimate of drug-likeness (QED) is 0.185. The van der Waals surface area contributed by atoms with Crippen molar-refractivity contribution in [1.29, 1.82) is 0 Å². The predicted molar refractivity (Wildman–Crippen MR) is 123 cm³/mol. The average Bonchev–Trinajstić information content (AvgIpc) is 2.62. The second kappa shape index (κ2) is 14.1. The van der Waals surface area contributed by atoms with E-state index in [9.17, 15) is 18.0 Å². The number of carbonyl (C=O) groups is 1. The third-order valence-electron chi connectivity index (χ3n) is 3.29. The maximum atomic E-state index is 12.4. The van der Waals surface area contributed by atoms with Gasteiger partial charge in [-0.3, -0.25) is 0 Å². The van der Waals surface area contributed by atoms with Crippen LogP contribution in [0.3, 0.4) is 0 Å². The molecule has 0 atom stereocenters. The smallest absolute Gasteiger partial charge is 0.422 e. The number of guanidine groups is 1. The molecule has 12 heteroatoms. The highest BCUT2D eigenvalue weighted by molar-refractivity contribution is 14.0. The SMILES string of the molecule is CCNC(=NCc1cccnc1OCC(F)(F)F)NCCCNC(=O)OC(C)(C)C.I. The minimum Gasteiger partial charge on any atom is -0.468 e. The minimum atomic E-state index is -4.44. The van der Waals surface area contributed by atoms with Crippen LogP contribution in [0.1, 0.15) is 39.7 Å². The summed E-state index contributed by atoms with van der Waals surface area (Å²) in [5, 5.41) is 8.80. The highest BCUT2D eigenvalue weighted by Crippen LogP contribution is 2.20. The second-order valence-corrected chi connectivity index (χ2v) is 7.28. The van der Waals surface area contributed by atoms with E-state index in [1.807, 2.05) is 6.92 Å². The highest BCUT2D eigenvalue weighted by atomic mass is 127. The molecule has 178 valence electrons. The summed E-state index contributed by atoms with van der Waals surface area (Å²) in [5.41, 5.74) is -0.118. The third kappa shape index (κ3) is 14.6. The Morgan fingerprint density at radius 2 is 1.84 bits per heavy atom. The Balaban J connectivity index is 0.00000900. The largest absolute Gasteiger partial charge is 0.468 e. The fourth-order valence-corrected chi connectivity index (χ4v) is 2.13. The third-order valence-corrected chi connectivity index (χ3v) is 3.29. The Hall–Kier alpha value is -1.99. The van der Waals surface area contributed by atoms with Crippen molar-refractivity contribution in [3.05, 3.63) is 23.9 Å². The van der Waals surface area contributed by atoms with E-state index in [4.69, 9.17) is 9.47 Å². The van der Waals surface area contributed by atoms with Crippen molar-refractivity contribution in [3.8, 4) is 5.88 Å². The number of nitrogens with one attached hydrogen (secondary N) is 3. The normalized spacial score (nSPS) is 11.9. The Kier molecular flexibility index (Phi) is 13.2. The van der Waals surface area contributed by atoms with Crippen LogP contribution >= 0.6 is 24.0 Å². The standard InChI is InChI=1S/C19H30F3N5O3.HI/c1-5-23-16(25-10-7-11-26-17(28)30-18(2,3)4)27-12-14-8-6-9-24-15(14)29-13-19(20,21)22;/h6,8-9H,5,7,10-13H2,1-4H3,(H,26,28)(H2,23,25,27);1H. The molecule has 1 heterocycles. The van der Waals surface area contributed by atoms with Gasteiger partial charge < -0.3 is 25.4 Å². The first-order valence-electron chi connectivity index (χ1n) is 9.62. The number of halogens is 4. The molecule has 1 rings (SSSR count). The first kappa shape index (κ1) is 29.0. The van der Waals surface area contributed by atoms with Crippen molar-refractivity contribution in [2.45, 2.75) is 52.4 Å². The van der Waals surface area contributed by atoms with Crippen LogP contribution in [-0.4, -0.2) is 55.1 Å². The number of nitrogens with zero attached hydrogens (tertiary/aromatic N) is 2. The lowest BCUT2D eigenvalue weighted by Gasteiger charge is -2.19. The molecule has 31 heavy (non-hydrogen) atoms. The molecule has 0 aliphatic heterocycles. The van der Waals surface area contributed by atoms with Gasteiger partial charge in [0, 0.05) is 31.4 Å². The van der Waals surface area contributed by atoms with Crippen molar-refractivity contribution in [2.24, 2.45) is 4.99 Å². The summed E-state index contributed by atoms with van der Waals surface area (Å²) in [6.45, 7) is 7.47. The predicted octanol–water partition coefficient (Wildman–Crippen LogP) is 3.61. The van der Waals surface area contributed by atoms with E-state index in [0.29, 0.717) is 37.6 Å². The number of amides is 1. The first-order valence-corrected chi connectivity index (χ1v) is 9.62. The molecule has 0 spiro atoms. The zero-order chi connectivity index (χ0) is 22.6. The van der Waals surface area contributed by atoms with E-state index in [2.05, 4.69) is 25.9 Å². The fourth-order valence-electron chi connectivity index (χ4n) is 2.13. The Morgan fingerprint density at radius 3 is 2.45 bits per heavy atom. The molecular weight excluding hydrogens is 530 g/mol. The van der Waals surface area contributed by atoms with Crippen LogP contribution in [0.15, 0.2) is 23.3 Å². The van der Waals surface area contributed by atoms with Crippen molar-refractivity contribution in [2.75, 3.05) is 26.2 Å². The van der Waals surface area contributed by atoms with Gasteiger partial charge in [-0.1, -0.05) is 6.07 Å². The monoisotopic (exact) mass is 561 g/mol. The summed E-state index contributed by atoms with van der Waals surface area (Å²) in [6.07, 6.45) is -2.94. The number of pyridine rings is 1. The molecule has 8 nitrogen and oxygen atoms in total. The molecule has 0 aromatic carbocycles. The topological polar surface area (TPSA) is 96.9 Å². The summed E-state index contributed by atoms with van der Waals surface area (Å²) in [7, 11) is 0. The molecule has 0 radical (unpaired) electrons. The van der Waals surface area contributed by atoms with Gasteiger partial charge in [-0.2, -0.15) is 13.2 Å². The van der Waals surface area contributed by atoms with E-state index in [0.717, 1.165) is 0 Å². The van der Waals surface area contributed by atoms with E-state index in [1.54, 1.807) is 32.9 Å². The van der Waals surface area contributed by atoms with Gasteiger partial charge in [0.05, 0.1) is 6.54 Å². The van der Waals surface area contributed by atoms with E-state index in [-0.39, 0.29) is 36.4 Å². The van der Waals surface area contributed by atoms with Crippen LogP contribution in [0.4, 0.5) is 18.0 Å². The number of hydrogen-bond acceptors (Lipinski definition) is 5. The number of rotatable bonds is 9. The number of aromatic nitrogens is 1. The van der Waals surface area contributed by atoms with Gasteiger partial charge in [-0.05, 0) is 40.2 Å². The van der Waals surface area contributed by atoms with Crippen LogP contribution in [0.2, 0.25) is 0 Å². The zero-order valence-corrected chi connectivity index (χ0v) is 20.5. The average molecular weight is 561 g/mol. The highest BCUT2D eigenvalue weighted by Gasteiger charge is 2.29. The van der Waals surface area contributed by atoms with Gasteiger partial charge in [0.2, 0.25) is 5.88 Å². The van der Waals surface area contributed by atoms with E-state index < -0.39 is 24.5 Å². The van der Waals surface area contributed by atoms with Gasteiger partial charge in [-0.15, -0.1) is 24.0 Å². The Labute approximate surface area is 197 Å². The molecular formula is C19H31F3IN5O3. The number of alkyl halides is 3. The Morgan fingerprint density at radius 1 is 1.16 bits per heavy atom. The van der Waals surface area contributed by atoms with Gasteiger partial charge in [0.15, 0.2) is 12.6 Å². The maximum absolute atomic E-state index is 12.4. The lowest BCUT2D eigenvalue weighted by Crippen LogP contribution is -2.39. The van der Waals surface area contributed by atoms with Crippen LogP contribution in [0.5, 0.6) is 5.88 Å². The molecule has 0 bridgehead atoms. The number of hydrogen-bond donors (Lipinski definition) is 3. The van der Waals surface area contributed by atoms with Crippen LogP contribution in [0.25, 0.3) is 0 Å². The molecule has 0 fully saturated rings. The molecule has 0 unspecified atom stereocenters. The Bertz CT molecular complexity index is 697. The molecule has 1 aromatic heterocycles. The maximum Gasteiger partial charge on any atom is 0.422 e. The number of ether oxygens (including phenoxy) is 2. The minimum absolute atomic E-state index is 0. The van der Waals surface area contributed by atoms with Gasteiger partial charge in [-0.25, -0.2) is 14.8 Å². The van der Waals surface area contributed by atoms with Crippen LogP contribution < -0.4 is 20.7 Å². The zero-order valence-electron chi connectivity index (χ0n) is 18.1. The summed E-state index contributed by atoms with van der Waals surface area (Å²) >= 11 is 0. The second-order valence-electron chi connectivity index (χ2n) is 7.28.